The van der Waals surface area contributed by atoms with Crippen LogP contribution in [0.3, 0.4) is 0 Å². The predicted octanol–water partition coefficient (Wildman–Crippen LogP) is 4.46. The number of nitrogens with one attached hydrogen (secondary N) is 1. The highest BCUT2D eigenvalue weighted by Crippen LogP contribution is 2.55. The van der Waals surface area contributed by atoms with Gasteiger partial charge in [0.05, 0.1) is 4.91 Å². The lowest BCUT2D eigenvalue weighted by molar-refractivity contribution is -0.132. The van der Waals surface area contributed by atoms with E-state index in [2.05, 4.69) is 5.32 Å². The summed E-state index contributed by atoms with van der Waals surface area (Å²) in [4.78, 5) is 39.2. The maximum Gasteiger partial charge on any atom is 0.294 e. The fourth-order valence-corrected chi connectivity index (χ4v) is 7.05. The van der Waals surface area contributed by atoms with Crippen LogP contribution in [0.4, 0.5) is 4.79 Å². The zero-order valence-corrected chi connectivity index (χ0v) is 17.6. The molecule has 5 fully saturated rings. The number of hydrogen-bond acceptors (Lipinski definition) is 4. The molecule has 1 aromatic carbocycles. The van der Waals surface area contributed by atoms with E-state index < -0.39 is 11.1 Å². The number of benzene rings is 1. The van der Waals surface area contributed by atoms with E-state index in [4.69, 9.17) is 11.6 Å². The molecule has 1 N–H and O–H groups in total. The van der Waals surface area contributed by atoms with Crippen LogP contribution in [0.15, 0.2) is 29.2 Å². The maximum absolute atomic E-state index is 12.8. The number of rotatable bonds is 4. The molecule has 4 aliphatic carbocycles. The van der Waals surface area contributed by atoms with Crippen molar-refractivity contribution in [3.63, 3.8) is 0 Å². The Bertz CT molecular complexity index is 876. The van der Waals surface area contributed by atoms with E-state index in [1.54, 1.807) is 30.3 Å². The molecule has 1 saturated heterocycles. The molecule has 4 bridgehead atoms. The number of hydrogen-bond donors (Lipinski definition) is 1. The number of thioether (sulfide) groups is 1. The molecule has 1 aromatic rings. The summed E-state index contributed by atoms with van der Waals surface area (Å²) in [5.41, 5.74) is 0.671. The first kappa shape index (κ1) is 19.2. The number of imide groups is 1. The molecule has 5 nitrogen and oxygen atoms in total. The normalized spacial score (nSPS) is 34.3. The first-order valence-electron chi connectivity index (χ1n) is 10.2. The number of amides is 3. The Morgan fingerprint density at radius 2 is 1.69 bits per heavy atom. The third kappa shape index (κ3) is 3.73. The Hall–Kier alpha value is -1.79. The summed E-state index contributed by atoms with van der Waals surface area (Å²) >= 11 is 6.77. The van der Waals surface area contributed by atoms with Gasteiger partial charge in [-0.1, -0.05) is 23.7 Å². The Balaban J connectivity index is 1.26. The molecule has 0 atom stereocenters. The van der Waals surface area contributed by atoms with Crippen LogP contribution in [0.25, 0.3) is 6.08 Å². The van der Waals surface area contributed by atoms with E-state index in [9.17, 15) is 14.4 Å². The summed E-state index contributed by atoms with van der Waals surface area (Å²) in [5.74, 6) is 1.54. The van der Waals surface area contributed by atoms with Crippen molar-refractivity contribution in [1.29, 1.82) is 0 Å². The molecule has 7 heteroatoms. The number of halogens is 1. The third-order valence-corrected chi connectivity index (χ3v) is 7.95. The summed E-state index contributed by atoms with van der Waals surface area (Å²) in [7, 11) is 0. The van der Waals surface area contributed by atoms with Crippen LogP contribution < -0.4 is 5.32 Å². The first-order valence-corrected chi connectivity index (χ1v) is 11.4. The fourth-order valence-electron chi connectivity index (χ4n) is 6.09. The van der Waals surface area contributed by atoms with Gasteiger partial charge in [0.15, 0.2) is 0 Å². The van der Waals surface area contributed by atoms with E-state index in [1.807, 2.05) is 0 Å². The lowest BCUT2D eigenvalue weighted by Gasteiger charge is -2.56. The van der Waals surface area contributed by atoms with Crippen molar-refractivity contribution in [3.05, 3.63) is 39.8 Å². The molecule has 0 aromatic heterocycles. The quantitative estimate of drug-likeness (QED) is 0.716. The molecule has 5 aliphatic rings. The summed E-state index contributed by atoms with van der Waals surface area (Å²) in [6, 6.07) is 7.04. The van der Waals surface area contributed by atoms with Gasteiger partial charge in [-0.3, -0.25) is 19.3 Å². The lowest BCUT2D eigenvalue weighted by Crippen LogP contribution is -2.61. The van der Waals surface area contributed by atoms with Crippen molar-refractivity contribution in [2.75, 3.05) is 6.54 Å². The highest BCUT2D eigenvalue weighted by atomic mass is 35.5. The standard InChI is InChI=1S/C22H23ClN2O3S/c23-17-3-1-13(2-4-17)8-18-20(27)25(21(28)29-18)12-19(26)24-22-9-14-5-15(10-22)7-16(6-14)11-22/h1-4,8,14-16H,5-7,9-12H2,(H,24,26)/b18-8-. The molecule has 0 radical (unpaired) electrons. The molecule has 1 heterocycles. The number of carbonyl (C=O) groups is 3. The van der Waals surface area contributed by atoms with Gasteiger partial charge in [-0.2, -0.15) is 0 Å². The molecular weight excluding hydrogens is 408 g/mol. The van der Waals surface area contributed by atoms with Crippen LogP contribution in [-0.2, 0) is 9.59 Å². The van der Waals surface area contributed by atoms with Crippen LogP contribution in [0.1, 0.15) is 44.1 Å². The third-order valence-electron chi connectivity index (χ3n) is 6.79. The summed E-state index contributed by atoms with van der Waals surface area (Å²) in [6.07, 6.45) is 8.70. The molecule has 4 saturated carbocycles. The summed E-state index contributed by atoms with van der Waals surface area (Å²) in [5, 5.41) is 3.45. The van der Waals surface area contributed by atoms with Crippen LogP contribution in [0.2, 0.25) is 5.02 Å². The Kier molecular flexibility index (Phi) is 4.74. The van der Waals surface area contributed by atoms with Gasteiger partial charge in [-0.05, 0) is 91.8 Å². The Morgan fingerprint density at radius 3 is 2.28 bits per heavy atom. The molecular formula is C22H23ClN2O3S. The average molecular weight is 431 g/mol. The van der Waals surface area contributed by atoms with Crippen LogP contribution in [-0.4, -0.2) is 34.0 Å². The van der Waals surface area contributed by atoms with Crippen molar-refractivity contribution in [3.8, 4) is 0 Å². The van der Waals surface area contributed by atoms with E-state index >= 15 is 0 Å². The van der Waals surface area contributed by atoms with Gasteiger partial charge < -0.3 is 5.32 Å². The zero-order chi connectivity index (χ0) is 20.2. The first-order chi connectivity index (χ1) is 13.9. The van der Waals surface area contributed by atoms with Crippen LogP contribution >= 0.6 is 23.4 Å². The molecule has 1 aliphatic heterocycles. The minimum atomic E-state index is -0.407. The average Bonchev–Trinajstić information content (AvgIpc) is 2.89. The second-order valence-electron chi connectivity index (χ2n) is 9.07. The molecule has 3 amide bonds. The van der Waals surface area contributed by atoms with E-state index in [1.165, 1.54) is 19.3 Å². The topological polar surface area (TPSA) is 66.5 Å². The van der Waals surface area contributed by atoms with Crippen molar-refractivity contribution >= 4 is 46.5 Å². The van der Waals surface area contributed by atoms with Gasteiger partial charge in [0.1, 0.15) is 6.54 Å². The number of carbonyl (C=O) groups excluding carboxylic acids is 3. The SMILES string of the molecule is O=C(CN1C(=O)S/C(=C\c2ccc(Cl)cc2)C1=O)NC12CC3CC(CC(C3)C1)C2. The van der Waals surface area contributed by atoms with Gasteiger partial charge in [-0.15, -0.1) is 0 Å². The van der Waals surface area contributed by atoms with Gasteiger partial charge >= 0.3 is 0 Å². The van der Waals surface area contributed by atoms with Crippen molar-refractivity contribution in [2.24, 2.45) is 17.8 Å². The molecule has 29 heavy (non-hydrogen) atoms. The second kappa shape index (κ2) is 7.17. The van der Waals surface area contributed by atoms with E-state index in [-0.39, 0.29) is 18.0 Å². The monoisotopic (exact) mass is 430 g/mol. The van der Waals surface area contributed by atoms with Gasteiger partial charge in [0, 0.05) is 10.6 Å². The van der Waals surface area contributed by atoms with Crippen LogP contribution in [0, 0.1) is 17.8 Å². The van der Waals surface area contributed by atoms with E-state index in [0.29, 0.717) is 9.93 Å². The Labute approximate surface area is 179 Å². The van der Waals surface area contributed by atoms with Gasteiger partial charge in [0.25, 0.3) is 11.1 Å². The fraction of sp³-hybridized carbons (Fsp3) is 0.500. The minimum Gasteiger partial charge on any atom is -0.349 e. The molecule has 0 spiro atoms. The Morgan fingerprint density at radius 1 is 1.10 bits per heavy atom. The predicted molar refractivity (Wildman–Crippen MR) is 113 cm³/mol. The van der Waals surface area contributed by atoms with Gasteiger partial charge in [0.2, 0.25) is 5.91 Å². The smallest absolute Gasteiger partial charge is 0.294 e. The maximum atomic E-state index is 12.8. The largest absolute Gasteiger partial charge is 0.349 e. The highest BCUT2D eigenvalue weighted by Gasteiger charge is 2.51. The highest BCUT2D eigenvalue weighted by molar-refractivity contribution is 8.18. The molecule has 6 rings (SSSR count). The molecule has 0 unspecified atom stereocenters. The summed E-state index contributed by atoms with van der Waals surface area (Å²) < 4.78 is 0. The second-order valence-corrected chi connectivity index (χ2v) is 10.5. The van der Waals surface area contributed by atoms with Crippen molar-refractivity contribution in [1.82, 2.24) is 10.2 Å². The number of nitrogens with zero attached hydrogens (tertiary/aromatic N) is 1. The van der Waals surface area contributed by atoms with Crippen molar-refractivity contribution in [2.45, 2.75) is 44.1 Å². The lowest BCUT2D eigenvalue weighted by atomic mass is 9.53. The minimum absolute atomic E-state index is 0.118. The van der Waals surface area contributed by atoms with E-state index in [0.717, 1.165) is 59.2 Å². The summed E-state index contributed by atoms with van der Waals surface area (Å²) in [6.45, 7) is -0.204. The van der Waals surface area contributed by atoms with Crippen LogP contribution in [0.5, 0.6) is 0 Å². The zero-order valence-electron chi connectivity index (χ0n) is 16.0. The molecule has 152 valence electrons. The van der Waals surface area contributed by atoms with Crippen molar-refractivity contribution < 1.29 is 14.4 Å². The van der Waals surface area contributed by atoms with Gasteiger partial charge in [-0.25, -0.2) is 0 Å².